The predicted molar refractivity (Wildman–Crippen MR) is 73.9 cm³/mol. The highest BCUT2D eigenvalue weighted by Crippen LogP contribution is 2.64. The maximum atomic E-state index is 6.07. The van der Waals surface area contributed by atoms with Gasteiger partial charge in [-0.2, -0.15) is 0 Å². The van der Waals surface area contributed by atoms with Crippen LogP contribution in [-0.2, 0) is 5.41 Å². The molecule has 0 unspecified atom stereocenters. The van der Waals surface area contributed by atoms with Gasteiger partial charge in [0.1, 0.15) is 5.75 Å². The average molecular weight is 245 g/mol. The molecule has 0 radical (unpaired) electrons. The van der Waals surface area contributed by atoms with Crippen LogP contribution in [0.5, 0.6) is 5.75 Å². The molecular weight excluding hydrogens is 222 g/mol. The Labute approximate surface area is 110 Å². The minimum Gasteiger partial charge on any atom is -0.494 e. The third-order valence-corrected chi connectivity index (χ3v) is 5.01. The molecule has 2 nitrogen and oxygen atoms in total. The number of ether oxygens (including phenoxy) is 1. The fraction of sp³-hybridized carbons (Fsp3) is 0.625. The van der Waals surface area contributed by atoms with Crippen LogP contribution in [0.15, 0.2) is 24.3 Å². The Bertz CT molecular complexity index is 411. The number of rotatable bonds is 4. The molecule has 2 fully saturated rings. The first kappa shape index (κ1) is 12.0. The SMILES string of the molecule is CCOc1ccc(C2(CN)CC3(CCC3)C2)cc1. The molecule has 2 heteroatoms. The number of hydrogen-bond acceptors (Lipinski definition) is 2. The van der Waals surface area contributed by atoms with Crippen LogP contribution >= 0.6 is 0 Å². The van der Waals surface area contributed by atoms with Crippen LogP contribution in [-0.4, -0.2) is 13.2 Å². The van der Waals surface area contributed by atoms with Crippen molar-refractivity contribution in [1.29, 1.82) is 0 Å². The summed E-state index contributed by atoms with van der Waals surface area (Å²) in [6.45, 7) is 3.52. The summed E-state index contributed by atoms with van der Waals surface area (Å²) in [5, 5.41) is 0. The highest BCUT2D eigenvalue weighted by atomic mass is 16.5. The van der Waals surface area contributed by atoms with Crippen molar-refractivity contribution in [3.8, 4) is 5.75 Å². The van der Waals surface area contributed by atoms with E-state index in [4.69, 9.17) is 10.5 Å². The van der Waals surface area contributed by atoms with E-state index in [0.717, 1.165) is 18.9 Å². The summed E-state index contributed by atoms with van der Waals surface area (Å²) in [5.41, 5.74) is 8.39. The zero-order chi connectivity index (χ0) is 12.6. The van der Waals surface area contributed by atoms with E-state index in [1.54, 1.807) is 0 Å². The molecular formula is C16H23NO. The summed E-state index contributed by atoms with van der Waals surface area (Å²) >= 11 is 0. The summed E-state index contributed by atoms with van der Waals surface area (Å²) in [6.07, 6.45) is 6.86. The lowest BCUT2D eigenvalue weighted by Gasteiger charge is -2.61. The Morgan fingerprint density at radius 2 is 1.83 bits per heavy atom. The van der Waals surface area contributed by atoms with Crippen LogP contribution in [0, 0.1) is 5.41 Å². The number of nitrogens with two attached hydrogens (primary N) is 1. The Morgan fingerprint density at radius 1 is 1.17 bits per heavy atom. The van der Waals surface area contributed by atoms with Crippen LogP contribution < -0.4 is 10.5 Å². The van der Waals surface area contributed by atoms with Gasteiger partial charge in [-0.15, -0.1) is 0 Å². The van der Waals surface area contributed by atoms with Crippen molar-refractivity contribution >= 4 is 0 Å². The first-order chi connectivity index (χ1) is 8.72. The first-order valence-corrected chi connectivity index (χ1v) is 7.15. The molecule has 2 aliphatic carbocycles. The molecule has 0 bridgehead atoms. The van der Waals surface area contributed by atoms with Gasteiger partial charge >= 0.3 is 0 Å². The van der Waals surface area contributed by atoms with Gasteiger partial charge in [0.2, 0.25) is 0 Å². The second kappa shape index (κ2) is 4.27. The predicted octanol–water partition coefficient (Wildman–Crippen LogP) is 3.25. The summed E-state index contributed by atoms with van der Waals surface area (Å²) in [7, 11) is 0. The van der Waals surface area contributed by atoms with E-state index in [-0.39, 0.29) is 5.41 Å². The van der Waals surface area contributed by atoms with Crippen molar-refractivity contribution in [1.82, 2.24) is 0 Å². The molecule has 0 aliphatic heterocycles. The van der Waals surface area contributed by atoms with Crippen LogP contribution in [0.4, 0.5) is 0 Å². The van der Waals surface area contributed by atoms with Crippen molar-refractivity contribution in [2.75, 3.05) is 13.2 Å². The van der Waals surface area contributed by atoms with Crippen LogP contribution in [0.25, 0.3) is 0 Å². The van der Waals surface area contributed by atoms with E-state index in [0.29, 0.717) is 5.41 Å². The highest BCUT2D eigenvalue weighted by molar-refractivity contribution is 5.36. The molecule has 2 saturated carbocycles. The standard InChI is InChI=1S/C16H23NO/c1-2-18-14-6-4-13(5-7-14)16(12-17)10-15(11-16)8-3-9-15/h4-7H,2-3,8-12,17H2,1H3. The molecule has 3 rings (SSSR count). The third kappa shape index (κ3) is 1.74. The third-order valence-electron chi connectivity index (χ3n) is 5.01. The summed E-state index contributed by atoms with van der Waals surface area (Å²) < 4.78 is 5.50. The second-order valence-electron chi connectivity index (χ2n) is 6.15. The molecule has 2 aliphatic rings. The van der Waals surface area contributed by atoms with Gasteiger partial charge < -0.3 is 10.5 Å². The minimum absolute atomic E-state index is 0.255. The van der Waals surface area contributed by atoms with E-state index in [9.17, 15) is 0 Å². The Morgan fingerprint density at radius 3 is 2.28 bits per heavy atom. The van der Waals surface area contributed by atoms with Gasteiger partial charge in [0.25, 0.3) is 0 Å². The molecule has 0 atom stereocenters. The van der Waals surface area contributed by atoms with Crippen LogP contribution in [0.3, 0.4) is 0 Å². The lowest BCUT2D eigenvalue weighted by molar-refractivity contribution is -0.0446. The normalized spacial score (nSPS) is 23.2. The first-order valence-electron chi connectivity index (χ1n) is 7.15. The lowest BCUT2D eigenvalue weighted by Crippen LogP contribution is -2.56. The van der Waals surface area contributed by atoms with Gasteiger partial charge in [-0.1, -0.05) is 18.6 Å². The fourth-order valence-electron chi connectivity index (χ4n) is 3.95. The summed E-state index contributed by atoms with van der Waals surface area (Å²) in [4.78, 5) is 0. The fourth-order valence-corrected chi connectivity index (χ4v) is 3.95. The quantitative estimate of drug-likeness (QED) is 0.883. The largest absolute Gasteiger partial charge is 0.494 e. The van der Waals surface area contributed by atoms with Gasteiger partial charge in [-0.05, 0) is 55.7 Å². The molecule has 98 valence electrons. The van der Waals surface area contributed by atoms with Gasteiger partial charge in [0.05, 0.1) is 6.61 Å². The van der Waals surface area contributed by atoms with E-state index < -0.39 is 0 Å². The van der Waals surface area contributed by atoms with Gasteiger partial charge in [0.15, 0.2) is 0 Å². The molecule has 1 aromatic rings. The molecule has 0 saturated heterocycles. The molecule has 0 aromatic heterocycles. The van der Waals surface area contributed by atoms with E-state index in [1.165, 1.54) is 37.7 Å². The van der Waals surface area contributed by atoms with Crippen LogP contribution in [0.1, 0.15) is 44.6 Å². The molecule has 1 aromatic carbocycles. The Kier molecular flexibility index (Phi) is 2.86. The number of benzene rings is 1. The smallest absolute Gasteiger partial charge is 0.119 e. The number of hydrogen-bond donors (Lipinski definition) is 1. The van der Waals surface area contributed by atoms with E-state index in [2.05, 4.69) is 24.3 Å². The van der Waals surface area contributed by atoms with Gasteiger partial charge in [-0.25, -0.2) is 0 Å². The maximum absolute atomic E-state index is 6.07. The molecule has 1 spiro atoms. The second-order valence-corrected chi connectivity index (χ2v) is 6.15. The Balaban J connectivity index is 1.76. The molecule has 0 amide bonds. The van der Waals surface area contributed by atoms with Crippen molar-refractivity contribution in [3.63, 3.8) is 0 Å². The van der Waals surface area contributed by atoms with Gasteiger partial charge in [0, 0.05) is 12.0 Å². The molecule has 18 heavy (non-hydrogen) atoms. The van der Waals surface area contributed by atoms with E-state index >= 15 is 0 Å². The molecule has 2 N–H and O–H groups in total. The zero-order valence-corrected chi connectivity index (χ0v) is 11.2. The van der Waals surface area contributed by atoms with Crippen molar-refractivity contribution in [2.45, 2.75) is 44.4 Å². The van der Waals surface area contributed by atoms with Crippen molar-refractivity contribution in [2.24, 2.45) is 11.1 Å². The minimum atomic E-state index is 0.255. The maximum Gasteiger partial charge on any atom is 0.119 e. The lowest BCUT2D eigenvalue weighted by atomic mass is 9.44. The summed E-state index contributed by atoms with van der Waals surface area (Å²) in [6, 6.07) is 8.59. The van der Waals surface area contributed by atoms with E-state index in [1.807, 2.05) is 6.92 Å². The zero-order valence-electron chi connectivity index (χ0n) is 11.2. The molecule has 0 heterocycles. The topological polar surface area (TPSA) is 35.2 Å². The average Bonchev–Trinajstić information content (AvgIpc) is 2.29. The summed E-state index contributed by atoms with van der Waals surface area (Å²) in [5.74, 6) is 0.964. The van der Waals surface area contributed by atoms with Crippen molar-refractivity contribution < 1.29 is 4.74 Å². The van der Waals surface area contributed by atoms with Crippen molar-refractivity contribution in [3.05, 3.63) is 29.8 Å². The monoisotopic (exact) mass is 245 g/mol. The highest BCUT2D eigenvalue weighted by Gasteiger charge is 2.56. The van der Waals surface area contributed by atoms with Crippen LogP contribution in [0.2, 0.25) is 0 Å². The Hall–Kier alpha value is -1.02. The van der Waals surface area contributed by atoms with Gasteiger partial charge in [-0.3, -0.25) is 0 Å².